The van der Waals surface area contributed by atoms with Gasteiger partial charge in [-0.2, -0.15) is 5.10 Å². The molecule has 0 fully saturated rings. The van der Waals surface area contributed by atoms with Gasteiger partial charge in [-0.05, 0) is 38.0 Å². The van der Waals surface area contributed by atoms with Gasteiger partial charge in [0.15, 0.2) is 0 Å². The lowest BCUT2D eigenvalue weighted by atomic mass is 10.2. The highest BCUT2D eigenvalue weighted by Gasteiger charge is 1.96. The molecule has 0 aliphatic rings. The highest BCUT2D eigenvalue weighted by Crippen LogP contribution is 2.10. The molecule has 7 heteroatoms. The van der Waals surface area contributed by atoms with E-state index in [1.165, 1.54) is 0 Å². The molecular weight excluding hydrogens is 284 g/mol. The van der Waals surface area contributed by atoms with Gasteiger partial charge in [0.2, 0.25) is 0 Å². The third kappa shape index (κ3) is 3.22. The molecule has 0 aliphatic carbocycles. The topological polar surface area (TPSA) is 82.0 Å². The van der Waals surface area contributed by atoms with Crippen LogP contribution < -0.4 is 5.73 Å². The molecule has 0 saturated carbocycles. The van der Waals surface area contributed by atoms with E-state index < -0.39 is 0 Å². The number of allylic oxidation sites excluding steroid dienone is 1. The van der Waals surface area contributed by atoms with Crippen molar-refractivity contribution in [3.05, 3.63) is 40.4 Å². The second kappa shape index (κ2) is 5.35. The Morgan fingerprint density at radius 1 is 1.35 bits per heavy atom. The van der Waals surface area contributed by atoms with Crippen molar-refractivity contribution in [1.82, 2.24) is 20.3 Å². The van der Waals surface area contributed by atoms with Crippen LogP contribution in [0.1, 0.15) is 5.56 Å². The number of hydrogen-bond donors (Lipinski definition) is 1. The van der Waals surface area contributed by atoms with E-state index in [0.717, 1.165) is 14.8 Å². The summed E-state index contributed by atoms with van der Waals surface area (Å²) in [6.07, 6.45) is 3.49. The van der Waals surface area contributed by atoms with E-state index in [9.17, 15) is 0 Å². The van der Waals surface area contributed by atoms with Gasteiger partial charge in [-0.3, -0.25) is 0 Å². The minimum absolute atomic E-state index is 0.140. The second-order valence-corrected chi connectivity index (χ2v) is 4.03. The molecule has 0 aliphatic heterocycles. The van der Waals surface area contributed by atoms with E-state index in [4.69, 9.17) is 5.73 Å². The predicted molar refractivity (Wildman–Crippen MR) is 69.5 cm³/mol. The van der Waals surface area contributed by atoms with Crippen LogP contribution in [0.15, 0.2) is 39.9 Å². The van der Waals surface area contributed by atoms with Gasteiger partial charge >= 0.3 is 0 Å². The first kappa shape index (κ1) is 11.5. The quantitative estimate of drug-likeness (QED) is 0.870. The van der Waals surface area contributed by atoms with Crippen LogP contribution in [0.2, 0.25) is 0 Å². The van der Waals surface area contributed by atoms with Crippen LogP contribution in [0, 0.1) is 0 Å². The lowest BCUT2D eigenvalue weighted by Gasteiger charge is -1.93. The predicted octanol–water partition coefficient (Wildman–Crippen LogP) is 1.53. The largest absolute Gasteiger partial charge is 0.365 e. The summed E-state index contributed by atoms with van der Waals surface area (Å²) in [4.78, 5) is 1.14. The summed E-state index contributed by atoms with van der Waals surface area (Å²) in [5, 5.41) is 14.4. The van der Waals surface area contributed by atoms with Gasteiger partial charge in [0.25, 0.3) is 5.95 Å². The molecule has 2 aromatic rings. The number of nitrogens with zero attached hydrogens (tertiary/aromatic N) is 5. The van der Waals surface area contributed by atoms with Crippen molar-refractivity contribution < 1.29 is 0 Å². The van der Waals surface area contributed by atoms with Gasteiger partial charge in [0.1, 0.15) is 0 Å². The van der Waals surface area contributed by atoms with Crippen molar-refractivity contribution >= 4 is 34.2 Å². The minimum atomic E-state index is 0.140. The van der Waals surface area contributed by atoms with Crippen LogP contribution >= 0.6 is 15.9 Å². The van der Waals surface area contributed by atoms with Crippen molar-refractivity contribution in [2.45, 2.75) is 0 Å². The fourth-order valence-electron chi connectivity index (χ4n) is 1.13. The third-order valence-corrected chi connectivity index (χ3v) is 2.31. The summed E-state index contributed by atoms with van der Waals surface area (Å²) >= 11 is 3.37. The van der Waals surface area contributed by atoms with Crippen molar-refractivity contribution in [1.29, 1.82) is 0 Å². The molecule has 1 aromatic heterocycles. The minimum Gasteiger partial charge on any atom is -0.365 e. The number of nitrogen functional groups attached to an aromatic ring is 1. The van der Waals surface area contributed by atoms with Crippen LogP contribution in [0.5, 0.6) is 0 Å². The summed E-state index contributed by atoms with van der Waals surface area (Å²) in [7, 11) is 0. The van der Waals surface area contributed by atoms with E-state index >= 15 is 0 Å². The molecule has 0 spiro atoms. The van der Waals surface area contributed by atoms with Gasteiger partial charge in [0, 0.05) is 4.48 Å². The lowest BCUT2D eigenvalue weighted by Crippen LogP contribution is -1.99. The summed E-state index contributed by atoms with van der Waals surface area (Å²) < 4.78 is 0.790. The Kier molecular flexibility index (Phi) is 3.61. The molecule has 0 unspecified atom stereocenters. The average molecular weight is 293 g/mol. The Labute approximate surface area is 106 Å². The highest BCUT2D eigenvalue weighted by molar-refractivity contribution is 9.12. The molecule has 1 aromatic carbocycles. The van der Waals surface area contributed by atoms with Gasteiger partial charge in [-0.25, -0.2) is 0 Å². The van der Waals surface area contributed by atoms with Crippen LogP contribution in [-0.4, -0.2) is 26.5 Å². The molecule has 1 heterocycles. The van der Waals surface area contributed by atoms with Gasteiger partial charge in [0.05, 0.1) is 6.21 Å². The van der Waals surface area contributed by atoms with Crippen LogP contribution in [0.3, 0.4) is 0 Å². The van der Waals surface area contributed by atoms with Crippen molar-refractivity contribution in [3.8, 4) is 0 Å². The first-order valence-corrected chi connectivity index (χ1v) is 5.55. The van der Waals surface area contributed by atoms with Crippen molar-refractivity contribution in [2.24, 2.45) is 5.10 Å². The molecule has 2 rings (SSSR count). The monoisotopic (exact) mass is 292 g/mol. The first-order valence-electron chi connectivity index (χ1n) is 4.76. The van der Waals surface area contributed by atoms with E-state index in [0.29, 0.717) is 0 Å². The molecule has 0 saturated heterocycles. The summed E-state index contributed by atoms with van der Waals surface area (Å²) in [6.45, 7) is 0. The number of benzene rings is 1. The number of halogens is 1. The molecule has 0 radical (unpaired) electrons. The number of aromatic nitrogens is 4. The smallest absolute Gasteiger partial charge is 0.263 e. The lowest BCUT2D eigenvalue weighted by molar-refractivity contribution is 0.700. The molecule has 6 nitrogen and oxygen atoms in total. The maximum Gasteiger partial charge on any atom is 0.263 e. The standard InChI is InChI=1S/C10H9BrN6/c11-9(6-8-4-2-1-3-5-8)7-13-17-10(12)14-15-16-17/h1-7H,(H2,12,14,16)/b9-6-,13-7+. The Morgan fingerprint density at radius 2 is 2.12 bits per heavy atom. The number of nitrogens with two attached hydrogens (primary N) is 1. The van der Waals surface area contributed by atoms with E-state index in [-0.39, 0.29) is 5.95 Å². The number of rotatable bonds is 3. The first-order chi connectivity index (χ1) is 8.25. The van der Waals surface area contributed by atoms with Crippen LogP contribution in [0.4, 0.5) is 5.95 Å². The highest BCUT2D eigenvalue weighted by atomic mass is 79.9. The zero-order chi connectivity index (χ0) is 12.1. The maximum atomic E-state index is 5.46. The number of hydrogen-bond acceptors (Lipinski definition) is 5. The molecule has 0 atom stereocenters. The van der Waals surface area contributed by atoms with Crippen molar-refractivity contribution in [2.75, 3.05) is 5.73 Å². The Balaban J connectivity index is 2.12. The Hall–Kier alpha value is -2.02. The number of anilines is 1. The summed E-state index contributed by atoms with van der Waals surface area (Å²) in [5.74, 6) is 0.140. The van der Waals surface area contributed by atoms with Gasteiger partial charge in [-0.1, -0.05) is 40.2 Å². The van der Waals surface area contributed by atoms with E-state index in [1.807, 2.05) is 36.4 Å². The Morgan fingerprint density at radius 3 is 2.76 bits per heavy atom. The zero-order valence-corrected chi connectivity index (χ0v) is 10.3. The molecule has 17 heavy (non-hydrogen) atoms. The second-order valence-electron chi connectivity index (χ2n) is 3.11. The number of tetrazole rings is 1. The van der Waals surface area contributed by atoms with Crippen molar-refractivity contribution in [3.63, 3.8) is 0 Å². The summed E-state index contributed by atoms with van der Waals surface area (Å²) in [5.41, 5.74) is 6.52. The summed E-state index contributed by atoms with van der Waals surface area (Å²) in [6, 6.07) is 9.85. The zero-order valence-electron chi connectivity index (χ0n) is 8.73. The SMILES string of the molecule is Nc1nnnn1/N=C/C(Br)=C/c1ccccc1. The molecule has 2 N–H and O–H groups in total. The average Bonchev–Trinajstić information content (AvgIpc) is 2.74. The van der Waals surface area contributed by atoms with Gasteiger partial charge < -0.3 is 5.73 Å². The molecule has 86 valence electrons. The Bertz CT molecular complexity index is 545. The third-order valence-electron chi connectivity index (χ3n) is 1.87. The molecular formula is C10H9BrN6. The fourth-order valence-corrected chi connectivity index (χ4v) is 1.48. The normalized spacial score (nSPS) is 12.2. The van der Waals surface area contributed by atoms with Gasteiger partial charge in [-0.15, -0.1) is 0 Å². The van der Waals surface area contributed by atoms with E-state index in [1.54, 1.807) is 6.21 Å². The maximum absolute atomic E-state index is 5.46. The van der Waals surface area contributed by atoms with E-state index in [2.05, 4.69) is 36.6 Å². The molecule has 0 amide bonds. The molecule has 0 bridgehead atoms. The van der Waals surface area contributed by atoms with Crippen LogP contribution in [-0.2, 0) is 0 Å². The van der Waals surface area contributed by atoms with Crippen LogP contribution in [0.25, 0.3) is 6.08 Å². The fraction of sp³-hybridized carbons (Fsp3) is 0.